The Bertz CT molecular complexity index is 1110. The van der Waals surface area contributed by atoms with Crippen LogP contribution in [0.5, 0.6) is 0 Å². The maximum atomic E-state index is 8.84. The van der Waals surface area contributed by atoms with Crippen LogP contribution in [0.15, 0.2) is 55.1 Å². The topological polar surface area (TPSA) is 118 Å². The third kappa shape index (κ3) is 3.01. The van der Waals surface area contributed by atoms with Crippen LogP contribution in [-0.2, 0) is 6.54 Å². The number of fused-ring (bicyclic) bond motifs is 1. The average molecular weight is 342 g/mol. The summed E-state index contributed by atoms with van der Waals surface area (Å²) in [4.78, 5) is 12.8. The van der Waals surface area contributed by atoms with Crippen LogP contribution < -0.4 is 11.1 Å². The van der Waals surface area contributed by atoms with E-state index in [9.17, 15) is 0 Å². The Morgan fingerprint density at radius 2 is 2.08 bits per heavy atom. The Morgan fingerprint density at radius 3 is 2.88 bits per heavy atom. The molecule has 0 aromatic carbocycles. The Hall–Kier alpha value is -3.99. The lowest BCUT2D eigenvalue weighted by Gasteiger charge is -2.10. The molecule has 0 aliphatic rings. The van der Waals surface area contributed by atoms with Gasteiger partial charge < -0.3 is 11.1 Å². The van der Waals surface area contributed by atoms with Gasteiger partial charge in [-0.2, -0.15) is 10.4 Å². The van der Waals surface area contributed by atoms with Crippen LogP contribution in [0.4, 0.5) is 11.6 Å². The number of hydrogen-bond donors (Lipinski definition) is 2. The van der Waals surface area contributed by atoms with Gasteiger partial charge in [0.15, 0.2) is 11.6 Å². The van der Waals surface area contributed by atoms with Gasteiger partial charge in [-0.15, -0.1) is 0 Å². The van der Waals surface area contributed by atoms with Crippen LogP contribution in [-0.4, -0.2) is 24.6 Å². The molecule has 8 nitrogen and oxygen atoms in total. The maximum Gasteiger partial charge on any atom is 0.169 e. The van der Waals surface area contributed by atoms with E-state index in [4.69, 9.17) is 11.0 Å². The fraction of sp³-hybridized carbons (Fsp3) is 0.0556. The second-order valence-electron chi connectivity index (χ2n) is 5.62. The van der Waals surface area contributed by atoms with Crippen LogP contribution in [0.25, 0.3) is 16.8 Å². The highest BCUT2D eigenvalue weighted by atomic mass is 15.2. The van der Waals surface area contributed by atoms with E-state index in [1.54, 1.807) is 35.2 Å². The van der Waals surface area contributed by atoms with E-state index in [1.165, 1.54) is 0 Å². The van der Waals surface area contributed by atoms with Gasteiger partial charge in [-0.05, 0) is 35.9 Å². The van der Waals surface area contributed by atoms with Crippen molar-refractivity contribution in [1.82, 2.24) is 24.6 Å². The fourth-order valence-corrected chi connectivity index (χ4v) is 2.54. The quantitative estimate of drug-likeness (QED) is 0.584. The summed E-state index contributed by atoms with van der Waals surface area (Å²) in [6, 6.07) is 11.4. The molecule has 0 amide bonds. The number of anilines is 2. The molecular weight excluding hydrogens is 328 g/mol. The third-order valence-corrected chi connectivity index (χ3v) is 3.90. The predicted octanol–water partition coefficient (Wildman–Crippen LogP) is 2.25. The minimum atomic E-state index is 0.320. The van der Waals surface area contributed by atoms with Gasteiger partial charge in [-0.1, -0.05) is 0 Å². The second kappa shape index (κ2) is 6.49. The molecule has 0 spiro atoms. The fourth-order valence-electron chi connectivity index (χ4n) is 2.54. The standard InChI is InChI=1S/C18H14N8/c19-8-14-2-1-13(10-21-14)16-11-22-17(20)18(25-16)23-9-12-4-6-26-15(7-12)3-5-24-26/h1-7,10-11H,9H2,(H2,20,22)(H,23,25). The number of nitrogens with zero attached hydrogens (tertiary/aromatic N) is 6. The van der Waals surface area contributed by atoms with Crippen molar-refractivity contribution in [3.05, 3.63) is 66.4 Å². The number of pyridine rings is 2. The summed E-state index contributed by atoms with van der Waals surface area (Å²) in [5, 5.41) is 16.2. The molecule has 4 aromatic rings. The smallest absolute Gasteiger partial charge is 0.169 e. The lowest BCUT2D eigenvalue weighted by molar-refractivity contribution is 0.951. The normalized spacial score (nSPS) is 10.6. The molecule has 126 valence electrons. The van der Waals surface area contributed by atoms with Crippen molar-refractivity contribution >= 4 is 17.2 Å². The highest BCUT2D eigenvalue weighted by molar-refractivity contribution is 5.65. The highest BCUT2D eigenvalue weighted by Crippen LogP contribution is 2.21. The summed E-state index contributed by atoms with van der Waals surface area (Å²) in [6.07, 6.45) is 6.84. The minimum Gasteiger partial charge on any atom is -0.381 e. The molecule has 0 atom stereocenters. The first-order valence-electron chi connectivity index (χ1n) is 7.88. The van der Waals surface area contributed by atoms with Crippen molar-refractivity contribution in [2.45, 2.75) is 6.54 Å². The van der Waals surface area contributed by atoms with E-state index in [2.05, 4.69) is 25.4 Å². The number of nitrogens with two attached hydrogens (primary N) is 1. The molecule has 0 saturated heterocycles. The van der Waals surface area contributed by atoms with Crippen molar-refractivity contribution in [3.63, 3.8) is 0 Å². The van der Waals surface area contributed by atoms with E-state index in [0.717, 1.165) is 16.6 Å². The van der Waals surface area contributed by atoms with Crippen LogP contribution in [0.1, 0.15) is 11.3 Å². The summed E-state index contributed by atoms with van der Waals surface area (Å²) >= 11 is 0. The summed E-state index contributed by atoms with van der Waals surface area (Å²) in [5.41, 5.74) is 9.78. The van der Waals surface area contributed by atoms with Crippen molar-refractivity contribution in [1.29, 1.82) is 5.26 Å². The molecule has 0 saturated carbocycles. The van der Waals surface area contributed by atoms with Crippen LogP contribution in [0, 0.1) is 11.3 Å². The molecule has 0 radical (unpaired) electrons. The van der Waals surface area contributed by atoms with Crippen molar-refractivity contribution in [3.8, 4) is 17.3 Å². The molecule has 8 heteroatoms. The van der Waals surface area contributed by atoms with Gasteiger partial charge in [0.2, 0.25) is 0 Å². The number of rotatable bonds is 4. The van der Waals surface area contributed by atoms with E-state index >= 15 is 0 Å². The number of nitriles is 1. The van der Waals surface area contributed by atoms with Crippen molar-refractivity contribution in [2.24, 2.45) is 0 Å². The monoisotopic (exact) mass is 342 g/mol. The number of nitrogens with one attached hydrogen (secondary N) is 1. The summed E-state index contributed by atoms with van der Waals surface area (Å²) in [6.45, 7) is 0.551. The Balaban J connectivity index is 1.56. The molecule has 0 aliphatic carbocycles. The van der Waals surface area contributed by atoms with Gasteiger partial charge in [-0.3, -0.25) is 0 Å². The van der Waals surface area contributed by atoms with E-state index in [0.29, 0.717) is 29.6 Å². The lowest BCUT2D eigenvalue weighted by Crippen LogP contribution is -2.07. The van der Waals surface area contributed by atoms with E-state index in [-0.39, 0.29) is 0 Å². The predicted molar refractivity (Wildman–Crippen MR) is 96.9 cm³/mol. The number of nitrogen functional groups attached to an aromatic ring is 1. The van der Waals surface area contributed by atoms with Crippen LogP contribution in [0.2, 0.25) is 0 Å². The van der Waals surface area contributed by atoms with Crippen LogP contribution in [0.3, 0.4) is 0 Å². The van der Waals surface area contributed by atoms with Crippen LogP contribution >= 0.6 is 0 Å². The molecule has 3 N–H and O–H groups in total. The molecule has 4 heterocycles. The first-order chi connectivity index (χ1) is 12.7. The first kappa shape index (κ1) is 15.5. The second-order valence-corrected chi connectivity index (χ2v) is 5.62. The van der Waals surface area contributed by atoms with Gasteiger partial charge in [0, 0.05) is 30.7 Å². The zero-order valence-electron chi connectivity index (χ0n) is 13.7. The largest absolute Gasteiger partial charge is 0.381 e. The molecule has 4 rings (SSSR count). The SMILES string of the molecule is N#Cc1ccc(-c2cnc(N)c(NCc3ccn4nccc4c3)n2)cn1. The summed E-state index contributed by atoms with van der Waals surface area (Å²) < 4.78 is 1.80. The minimum absolute atomic E-state index is 0.320. The molecule has 0 bridgehead atoms. The van der Waals surface area contributed by atoms with Crippen molar-refractivity contribution in [2.75, 3.05) is 11.1 Å². The molecule has 26 heavy (non-hydrogen) atoms. The molecule has 4 aromatic heterocycles. The average Bonchev–Trinajstić information content (AvgIpc) is 3.15. The zero-order valence-corrected chi connectivity index (χ0v) is 13.7. The summed E-state index contributed by atoms with van der Waals surface area (Å²) in [5.74, 6) is 0.820. The molecular formula is C18H14N8. The van der Waals surface area contributed by atoms with Gasteiger partial charge >= 0.3 is 0 Å². The van der Waals surface area contributed by atoms with Crippen molar-refractivity contribution < 1.29 is 0 Å². The Labute approximate surface area is 149 Å². The lowest BCUT2D eigenvalue weighted by atomic mass is 10.2. The zero-order chi connectivity index (χ0) is 17.9. The first-order valence-corrected chi connectivity index (χ1v) is 7.88. The van der Waals surface area contributed by atoms with Gasteiger partial charge in [-0.25, -0.2) is 19.5 Å². The van der Waals surface area contributed by atoms with Gasteiger partial charge in [0.1, 0.15) is 11.8 Å². The number of aromatic nitrogens is 5. The Kier molecular flexibility index (Phi) is 3.88. The van der Waals surface area contributed by atoms with Gasteiger partial charge in [0.05, 0.1) is 17.4 Å². The Morgan fingerprint density at radius 1 is 1.15 bits per heavy atom. The third-order valence-electron chi connectivity index (χ3n) is 3.90. The van der Waals surface area contributed by atoms with Gasteiger partial charge in [0.25, 0.3) is 0 Å². The van der Waals surface area contributed by atoms with E-state index < -0.39 is 0 Å². The number of hydrogen-bond acceptors (Lipinski definition) is 7. The molecule has 0 fully saturated rings. The van der Waals surface area contributed by atoms with E-state index in [1.807, 2.05) is 30.5 Å². The molecule has 0 aliphatic heterocycles. The maximum absolute atomic E-state index is 8.84. The highest BCUT2D eigenvalue weighted by Gasteiger charge is 2.08. The summed E-state index contributed by atoms with van der Waals surface area (Å²) in [7, 11) is 0. The molecule has 0 unspecified atom stereocenters.